The summed E-state index contributed by atoms with van der Waals surface area (Å²) in [5.74, 6) is -4.51. The van der Waals surface area contributed by atoms with Gasteiger partial charge < -0.3 is 15.3 Å². The predicted octanol–water partition coefficient (Wildman–Crippen LogP) is 6.83. The van der Waals surface area contributed by atoms with Gasteiger partial charge in [0.15, 0.2) is 0 Å². The zero-order valence-corrected chi connectivity index (χ0v) is 30.4. The monoisotopic (exact) mass is 776 g/mol. The number of fused-ring (bicyclic) bond motifs is 1. The van der Waals surface area contributed by atoms with Crippen molar-refractivity contribution in [1.29, 1.82) is 0 Å². The average molecular weight is 777 g/mol. The molecule has 0 spiro atoms. The van der Waals surface area contributed by atoms with Crippen molar-refractivity contribution in [3.05, 3.63) is 151 Å². The van der Waals surface area contributed by atoms with Gasteiger partial charge in [-0.1, -0.05) is 109 Å². The third kappa shape index (κ3) is 8.10. The number of hydrogen-bond donors (Lipinski definition) is 3. The Morgan fingerprint density at radius 1 is 0.509 bits per heavy atom. The summed E-state index contributed by atoms with van der Waals surface area (Å²) in [5.41, 5.74) is 2.31. The number of anilines is 2. The van der Waals surface area contributed by atoms with Gasteiger partial charge in [-0.05, 0) is 58.7 Å². The first-order valence-electron chi connectivity index (χ1n) is 16.5. The number of aliphatic carboxylic acids is 3. The molecule has 14 heteroatoms. The Labute approximate surface area is 316 Å². The maximum atomic E-state index is 14.4. The minimum absolute atomic E-state index is 0.000726. The lowest BCUT2D eigenvalue weighted by atomic mass is 10.0. The van der Waals surface area contributed by atoms with E-state index < -0.39 is 51.0 Å². The van der Waals surface area contributed by atoms with Crippen LogP contribution >= 0.6 is 0 Å². The summed E-state index contributed by atoms with van der Waals surface area (Å²) in [5, 5.41) is 29.7. The summed E-state index contributed by atoms with van der Waals surface area (Å²) in [4.78, 5) is 35.9. The van der Waals surface area contributed by atoms with Crippen LogP contribution in [-0.4, -0.2) is 63.2 Å². The Kier molecular flexibility index (Phi) is 10.8. The van der Waals surface area contributed by atoms with Gasteiger partial charge in [-0.25, -0.2) is 21.6 Å². The second-order valence-electron chi connectivity index (χ2n) is 12.1. The Balaban J connectivity index is 1.56. The molecule has 0 saturated carbocycles. The fourth-order valence-corrected chi connectivity index (χ4v) is 9.00. The number of rotatable bonds is 14. The summed E-state index contributed by atoms with van der Waals surface area (Å²) in [6.45, 7) is -2.18. The van der Waals surface area contributed by atoms with E-state index in [1.54, 1.807) is 24.3 Å². The molecule has 0 unspecified atom stereocenters. The number of sulfonamides is 2. The molecule has 0 bridgehead atoms. The van der Waals surface area contributed by atoms with Crippen LogP contribution in [-0.2, 0) is 34.4 Å². The average Bonchev–Trinajstić information content (AvgIpc) is 3.18. The van der Waals surface area contributed by atoms with Gasteiger partial charge in [-0.15, -0.1) is 0 Å². The molecule has 6 rings (SSSR count). The van der Waals surface area contributed by atoms with Gasteiger partial charge >= 0.3 is 17.9 Å². The Morgan fingerprint density at radius 3 is 1.36 bits per heavy atom. The number of carbonyl (C=O) groups is 3. The third-order valence-electron chi connectivity index (χ3n) is 8.60. The molecule has 278 valence electrons. The molecule has 0 aliphatic carbocycles. The molecule has 6 aromatic rings. The van der Waals surface area contributed by atoms with Crippen LogP contribution in [0.2, 0.25) is 0 Å². The lowest BCUT2D eigenvalue weighted by Gasteiger charge is -2.30. The standard InChI is InChI=1S/C41H32N2O10S2/c44-38(45)24-19-32-25-37(42(26-39(46)47)54(50,51)33-20-15-30(16-21-33)28-9-3-1-4-10-28)35-13-7-8-14-36(35)41(32)43(27-40(48)49)55(52,53)34-22-17-31(18-23-34)29-11-5-2-6-12-29/h1-25H,26-27H2,(H,44,45)(H,46,47)(H,48,49)/b24-19-. The van der Waals surface area contributed by atoms with Crippen molar-refractivity contribution < 1.29 is 46.5 Å². The van der Waals surface area contributed by atoms with Crippen LogP contribution in [0.1, 0.15) is 5.56 Å². The molecule has 0 atom stereocenters. The second-order valence-corrected chi connectivity index (χ2v) is 15.9. The van der Waals surface area contributed by atoms with Gasteiger partial charge in [-0.2, -0.15) is 0 Å². The number of hydrogen-bond acceptors (Lipinski definition) is 7. The molecule has 55 heavy (non-hydrogen) atoms. The Bertz CT molecular complexity index is 2650. The lowest BCUT2D eigenvalue weighted by molar-refractivity contribution is -0.136. The minimum Gasteiger partial charge on any atom is -0.480 e. The topological polar surface area (TPSA) is 187 Å². The highest BCUT2D eigenvalue weighted by Gasteiger charge is 2.34. The van der Waals surface area contributed by atoms with Crippen molar-refractivity contribution in [3.8, 4) is 22.3 Å². The van der Waals surface area contributed by atoms with Crippen LogP contribution in [0.3, 0.4) is 0 Å². The first-order valence-corrected chi connectivity index (χ1v) is 19.4. The van der Waals surface area contributed by atoms with E-state index in [0.29, 0.717) is 25.8 Å². The summed E-state index contributed by atoms with van der Waals surface area (Å²) < 4.78 is 58.8. The summed E-state index contributed by atoms with van der Waals surface area (Å²) in [7, 11) is -9.36. The quantitative estimate of drug-likeness (QED) is 0.0990. The van der Waals surface area contributed by atoms with Gasteiger partial charge in [0.05, 0.1) is 21.2 Å². The molecule has 0 radical (unpaired) electrons. The van der Waals surface area contributed by atoms with E-state index in [0.717, 1.165) is 23.3 Å². The number of carboxylic acids is 3. The van der Waals surface area contributed by atoms with Crippen molar-refractivity contribution in [2.45, 2.75) is 9.79 Å². The molecule has 0 aliphatic rings. The molecule has 6 aromatic carbocycles. The minimum atomic E-state index is -4.71. The van der Waals surface area contributed by atoms with Crippen molar-refractivity contribution in [3.63, 3.8) is 0 Å². The predicted molar refractivity (Wildman–Crippen MR) is 209 cm³/mol. The van der Waals surface area contributed by atoms with Gasteiger partial charge in [0.2, 0.25) is 0 Å². The maximum absolute atomic E-state index is 14.4. The number of benzene rings is 6. The maximum Gasteiger partial charge on any atom is 0.328 e. The normalized spacial score (nSPS) is 11.7. The second kappa shape index (κ2) is 15.7. The van der Waals surface area contributed by atoms with E-state index in [9.17, 15) is 46.5 Å². The fourth-order valence-electron chi connectivity index (χ4n) is 6.12. The van der Waals surface area contributed by atoms with E-state index >= 15 is 0 Å². The molecular formula is C41H32N2O10S2. The van der Waals surface area contributed by atoms with Crippen LogP contribution in [0.25, 0.3) is 39.1 Å². The van der Waals surface area contributed by atoms with Gasteiger partial charge in [0.25, 0.3) is 20.0 Å². The van der Waals surface area contributed by atoms with Crippen molar-refractivity contribution >= 4 is 66.2 Å². The third-order valence-corrected chi connectivity index (χ3v) is 12.1. The van der Waals surface area contributed by atoms with Gasteiger partial charge in [-0.3, -0.25) is 18.2 Å². The van der Waals surface area contributed by atoms with E-state index in [1.165, 1.54) is 48.5 Å². The van der Waals surface area contributed by atoms with Crippen LogP contribution < -0.4 is 8.61 Å². The van der Waals surface area contributed by atoms with Crippen LogP contribution in [0, 0.1) is 0 Å². The van der Waals surface area contributed by atoms with E-state index in [4.69, 9.17) is 0 Å². The number of nitrogens with zero attached hydrogens (tertiary/aromatic N) is 2. The molecule has 0 fully saturated rings. The molecule has 3 N–H and O–H groups in total. The zero-order chi connectivity index (χ0) is 39.3. The summed E-state index contributed by atoms with van der Waals surface area (Å²) in [6.07, 6.45) is 1.67. The molecule has 0 heterocycles. The summed E-state index contributed by atoms with van der Waals surface area (Å²) in [6, 6.07) is 36.9. The van der Waals surface area contributed by atoms with Crippen molar-refractivity contribution in [1.82, 2.24) is 0 Å². The molecule has 0 amide bonds. The van der Waals surface area contributed by atoms with E-state index in [-0.39, 0.29) is 37.5 Å². The smallest absolute Gasteiger partial charge is 0.328 e. The van der Waals surface area contributed by atoms with E-state index in [2.05, 4.69) is 0 Å². The zero-order valence-electron chi connectivity index (χ0n) is 28.8. The van der Waals surface area contributed by atoms with Crippen molar-refractivity contribution in [2.24, 2.45) is 0 Å². The Hall–Kier alpha value is -6.77. The molecule has 0 aliphatic heterocycles. The van der Waals surface area contributed by atoms with Crippen LogP contribution in [0.5, 0.6) is 0 Å². The Morgan fingerprint density at radius 2 is 0.909 bits per heavy atom. The van der Waals surface area contributed by atoms with Crippen LogP contribution in [0.4, 0.5) is 11.4 Å². The van der Waals surface area contributed by atoms with Crippen molar-refractivity contribution in [2.75, 3.05) is 21.7 Å². The fraction of sp³-hybridized carbons (Fsp3) is 0.0488. The highest BCUT2D eigenvalue weighted by Crippen LogP contribution is 2.42. The van der Waals surface area contributed by atoms with Gasteiger partial charge in [0.1, 0.15) is 13.1 Å². The molecular weight excluding hydrogens is 745 g/mol. The van der Waals surface area contributed by atoms with Crippen LogP contribution in [0.15, 0.2) is 155 Å². The SMILES string of the molecule is O=C(O)/C=C\c1cc(N(CC(=O)O)S(=O)(=O)c2ccc(-c3ccccc3)cc2)c2ccccc2c1N(CC(=O)O)S(=O)(=O)c1ccc(-c2ccccc2)cc1. The number of carboxylic acid groups (broad SMARTS) is 3. The first-order chi connectivity index (χ1) is 26.3. The lowest BCUT2D eigenvalue weighted by Crippen LogP contribution is -2.37. The molecule has 0 aromatic heterocycles. The first kappa shape index (κ1) is 38.0. The highest BCUT2D eigenvalue weighted by atomic mass is 32.2. The highest BCUT2D eigenvalue weighted by molar-refractivity contribution is 7.93. The van der Waals surface area contributed by atoms with Gasteiger partial charge in [0, 0.05) is 22.4 Å². The molecule has 0 saturated heterocycles. The largest absolute Gasteiger partial charge is 0.480 e. The molecule has 12 nitrogen and oxygen atoms in total. The van der Waals surface area contributed by atoms with E-state index in [1.807, 2.05) is 60.7 Å². The summed E-state index contributed by atoms with van der Waals surface area (Å²) >= 11 is 0.